The lowest BCUT2D eigenvalue weighted by molar-refractivity contribution is -0.120. The van der Waals surface area contributed by atoms with Crippen molar-refractivity contribution in [2.75, 3.05) is 12.3 Å². The molecule has 0 aliphatic heterocycles. The molecule has 2 aromatic rings. The number of nitrogens with one attached hydrogen (secondary N) is 1. The Morgan fingerprint density at radius 1 is 1.09 bits per heavy atom. The third-order valence-corrected chi connectivity index (χ3v) is 3.95. The summed E-state index contributed by atoms with van der Waals surface area (Å²) in [5, 5.41) is 3.71. The zero-order chi connectivity index (χ0) is 16.2. The highest BCUT2D eigenvalue weighted by Crippen LogP contribution is 2.23. The summed E-state index contributed by atoms with van der Waals surface area (Å²) in [7, 11) is 0. The van der Waals surface area contributed by atoms with Gasteiger partial charge in [0.2, 0.25) is 5.91 Å². The first-order valence-corrected chi connectivity index (χ1v) is 7.62. The Kier molecular flexibility index (Phi) is 6.92. The van der Waals surface area contributed by atoms with E-state index in [-0.39, 0.29) is 23.7 Å². The van der Waals surface area contributed by atoms with Crippen LogP contribution < -0.4 is 11.1 Å². The van der Waals surface area contributed by atoms with E-state index in [2.05, 4.69) is 19.2 Å². The van der Waals surface area contributed by atoms with Gasteiger partial charge in [-0.05, 0) is 35.4 Å². The van der Waals surface area contributed by atoms with Crippen molar-refractivity contribution in [3.63, 3.8) is 0 Å². The lowest BCUT2D eigenvalue weighted by atomic mass is 9.84. The third kappa shape index (κ3) is 5.77. The molecule has 3 nitrogen and oxygen atoms in total. The molecule has 0 saturated carbocycles. The fourth-order valence-electron chi connectivity index (χ4n) is 2.21. The first-order chi connectivity index (χ1) is 10.4. The van der Waals surface area contributed by atoms with Crippen molar-refractivity contribution in [1.82, 2.24) is 5.32 Å². The first-order valence-electron chi connectivity index (χ1n) is 7.24. The van der Waals surface area contributed by atoms with Gasteiger partial charge in [-0.25, -0.2) is 0 Å². The van der Waals surface area contributed by atoms with Crippen LogP contribution in [0.4, 0.5) is 5.69 Å². The summed E-state index contributed by atoms with van der Waals surface area (Å²) in [6.07, 6.45) is 0.358. The molecule has 23 heavy (non-hydrogen) atoms. The molecule has 2 aromatic carbocycles. The maximum absolute atomic E-state index is 12.1. The summed E-state index contributed by atoms with van der Waals surface area (Å²) in [6.45, 7) is 4.77. The van der Waals surface area contributed by atoms with Gasteiger partial charge in [0.05, 0.1) is 6.42 Å². The molecule has 2 rings (SSSR count). The largest absolute Gasteiger partial charge is 0.399 e. The van der Waals surface area contributed by atoms with Gasteiger partial charge in [-0.3, -0.25) is 4.79 Å². The number of nitrogen functional groups attached to an aromatic ring is 1. The van der Waals surface area contributed by atoms with Crippen molar-refractivity contribution in [1.29, 1.82) is 0 Å². The number of halogens is 2. The lowest BCUT2D eigenvalue weighted by Crippen LogP contribution is -2.37. The predicted octanol–water partition coefficient (Wildman–Crippen LogP) is 3.98. The Balaban J connectivity index is 0.00000264. The molecule has 0 aliphatic carbocycles. The lowest BCUT2D eigenvalue weighted by Gasteiger charge is -2.25. The molecule has 5 heteroatoms. The standard InChI is InChI=1S/C18H21ClN2O.ClH/c1-18(2,14-5-7-15(19)8-6-14)12-21-17(22)11-13-3-9-16(20)10-4-13;/h3-10H,11-12,20H2,1-2H3,(H,21,22);1H. The number of rotatable bonds is 5. The Hall–Kier alpha value is -1.71. The van der Waals surface area contributed by atoms with Crippen LogP contribution in [-0.4, -0.2) is 12.5 Å². The molecular weight excluding hydrogens is 331 g/mol. The van der Waals surface area contributed by atoms with Gasteiger partial charge in [-0.15, -0.1) is 12.4 Å². The highest BCUT2D eigenvalue weighted by Gasteiger charge is 2.21. The number of anilines is 1. The second-order valence-corrected chi connectivity index (χ2v) is 6.52. The zero-order valence-corrected chi connectivity index (χ0v) is 14.9. The van der Waals surface area contributed by atoms with Crippen LogP contribution in [0.2, 0.25) is 5.02 Å². The molecule has 1 amide bonds. The van der Waals surface area contributed by atoms with Crippen LogP contribution in [0.1, 0.15) is 25.0 Å². The van der Waals surface area contributed by atoms with Crippen LogP contribution >= 0.6 is 24.0 Å². The number of amides is 1. The number of hydrogen-bond acceptors (Lipinski definition) is 2. The Morgan fingerprint density at radius 3 is 2.22 bits per heavy atom. The molecule has 0 spiro atoms. The fourth-order valence-corrected chi connectivity index (χ4v) is 2.33. The summed E-state index contributed by atoms with van der Waals surface area (Å²) in [4.78, 5) is 12.1. The molecule has 0 bridgehead atoms. The van der Waals surface area contributed by atoms with Gasteiger partial charge >= 0.3 is 0 Å². The van der Waals surface area contributed by atoms with Crippen molar-refractivity contribution in [3.8, 4) is 0 Å². The summed E-state index contributed by atoms with van der Waals surface area (Å²) in [5.41, 5.74) is 8.29. The summed E-state index contributed by atoms with van der Waals surface area (Å²) >= 11 is 5.91. The molecule has 0 aliphatic rings. The number of hydrogen-bond donors (Lipinski definition) is 2. The Morgan fingerprint density at radius 2 is 1.65 bits per heavy atom. The zero-order valence-electron chi connectivity index (χ0n) is 13.3. The highest BCUT2D eigenvalue weighted by molar-refractivity contribution is 6.30. The van der Waals surface area contributed by atoms with E-state index >= 15 is 0 Å². The van der Waals surface area contributed by atoms with Crippen LogP contribution in [0.25, 0.3) is 0 Å². The average Bonchev–Trinajstić information content (AvgIpc) is 2.48. The molecule has 0 heterocycles. The fraction of sp³-hybridized carbons (Fsp3) is 0.278. The van der Waals surface area contributed by atoms with Gasteiger partial charge in [0.1, 0.15) is 0 Å². The second kappa shape index (κ2) is 8.23. The van der Waals surface area contributed by atoms with Gasteiger partial charge < -0.3 is 11.1 Å². The van der Waals surface area contributed by atoms with Crippen molar-refractivity contribution in [3.05, 3.63) is 64.7 Å². The summed E-state index contributed by atoms with van der Waals surface area (Å²) < 4.78 is 0. The van der Waals surface area contributed by atoms with Gasteiger partial charge in [-0.2, -0.15) is 0 Å². The minimum absolute atomic E-state index is 0. The summed E-state index contributed by atoms with van der Waals surface area (Å²) in [5.74, 6) is 0.00631. The van der Waals surface area contributed by atoms with Crippen LogP contribution in [0.15, 0.2) is 48.5 Å². The maximum Gasteiger partial charge on any atom is 0.224 e. The normalized spacial score (nSPS) is 10.7. The third-order valence-electron chi connectivity index (χ3n) is 3.70. The summed E-state index contributed by atoms with van der Waals surface area (Å²) in [6, 6.07) is 15.1. The van der Waals surface area contributed by atoms with E-state index in [4.69, 9.17) is 17.3 Å². The van der Waals surface area contributed by atoms with E-state index in [0.29, 0.717) is 23.7 Å². The molecule has 0 fully saturated rings. The molecule has 0 saturated heterocycles. The highest BCUT2D eigenvalue weighted by atomic mass is 35.5. The van der Waals surface area contributed by atoms with Crippen molar-refractivity contribution < 1.29 is 4.79 Å². The molecule has 0 aromatic heterocycles. The van der Waals surface area contributed by atoms with Gasteiger partial charge in [-0.1, -0.05) is 49.7 Å². The minimum atomic E-state index is -0.151. The second-order valence-electron chi connectivity index (χ2n) is 6.09. The van der Waals surface area contributed by atoms with E-state index in [1.165, 1.54) is 0 Å². The van der Waals surface area contributed by atoms with Gasteiger partial charge in [0, 0.05) is 22.7 Å². The van der Waals surface area contributed by atoms with E-state index in [9.17, 15) is 4.79 Å². The molecule has 0 unspecified atom stereocenters. The predicted molar refractivity (Wildman–Crippen MR) is 99.3 cm³/mol. The van der Waals surface area contributed by atoms with E-state index < -0.39 is 0 Å². The smallest absolute Gasteiger partial charge is 0.224 e. The minimum Gasteiger partial charge on any atom is -0.399 e. The number of carbonyl (C=O) groups is 1. The number of carbonyl (C=O) groups excluding carboxylic acids is 1. The van der Waals surface area contributed by atoms with Crippen molar-refractivity contribution in [2.45, 2.75) is 25.7 Å². The Labute approximate surface area is 148 Å². The van der Waals surface area contributed by atoms with E-state index in [1.807, 2.05) is 36.4 Å². The topological polar surface area (TPSA) is 55.1 Å². The van der Waals surface area contributed by atoms with Crippen molar-refractivity contribution in [2.24, 2.45) is 0 Å². The van der Waals surface area contributed by atoms with Crippen LogP contribution in [0, 0.1) is 0 Å². The van der Waals surface area contributed by atoms with E-state index in [0.717, 1.165) is 11.1 Å². The van der Waals surface area contributed by atoms with Crippen molar-refractivity contribution >= 4 is 35.6 Å². The average molecular weight is 353 g/mol. The number of benzene rings is 2. The number of nitrogens with two attached hydrogens (primary N) is 1. The maximum atomic E-state index is 12.1. The molecule has 0 atom stereocenters. The SMILES string of the molecule is CC(C)(CNC(=O)Cc1ccc(N)cc1)c1ccc(Cl)cc1.Cl. The molecule has 0 radical (unpaired) electrons. The molecule has 3 N–H and O–H groups in total. The molecule has 124 valence electrons. The Bertz CT molecular complexity index is 637. The van der Waals surface area contributed by atoms with Crippen LogP contribution in [0.5, 0.6) is 0 Å². The van der Waals surface area contributed by atoms with Crippen LogP contribution in [0.3, 0.4) is 0 Å². The first kappa shape index (κ1) is 19.3. The van der Waals surface area contributed by atoms with Gasteiger partial charge in [0.25, 0.3) is 0 Å². The monoisotopic (exact) mass is 352 g/mol. The van der Waals surface area contributed by atoms with Crippen LogP contribution in [-0.2, 0) is 16.6 Å². The van der Waals surface area contributed by atoms with Gasteiger partial charge in [0.15, 0.2) is 0 Å². The van der Waals surface area contributed by atoms with E-state index in [1.54, 1.807) is 12.1 Å². The quantitative estimate of drug-likeness (QED) is 0.799. The molecular formula is C18H22Cl2N2O.